The van der Waals surface area contributed by atoms with Crippen LogP contribution in [0.2, 0.25) is 0 Å². The van der Waals surface area contributed by atoms with Crippen molar-refractivity contribution in [3.63, 3.8) is 0 Å². The van der Waals surface area contributed by atoms with Crippen LogP contribution in [0.25, 0.3) is 0 Å². The molecule has 0 spiro atoms. The molecule has 1 aromatic rings. The van der Waals surface area contributed by atoms with Gasteiger partial charge in [0, 0.05) is 23.3 Å². The number of nitrogens with one attached hydrogen (secondary N) is 1. The zero-order chi connectivity index (χ0) is 14.8. The molecule has 0 amide bonds. The SMILES string of the molecule is O=C(O)CC1(CNc2ncc(Br)cc2[N+](=O)[O-])CCC1. The number of carboxylic acids is 1. The molecule has 0 aliphatic heterocycles. The molecule has 1 aromatic heterocycles. The Morgan fingerprint density at radius 1 is 1.60 bits per heavy atom. The summed E-state index contributed by atoms with van der Waals surface area (Å²) in [5, 5.41) is 22.8. The van der Waals surface area contributed by atoms with Crippen LogP contribution >= 0.6 is 15.9 Å². The van der Waals surface area contributed by atoms with Crippen LogP contribution in [0.3, 0.4) is 0 Å². The maximum atomic E-state index is 11.0. The van der Waals surface area contributed by atoms with E-state index in [1.807, 2.05) is 0 Å². The van der Waals surface area contributed by atoms with E-state index in [0.29, 0.717) is 11.0 Å². The van der Waals surface area contributed by atoms with E-state index in [0.717, 1.165) is 19.3 Å². The lowest BCUT2D eigenvalue weighted by molar-refractivity contribution is -0.384. The number of halogens is 1. The lowest BCUT2D eigenvalue weighted by Gasteiger charge is -2.40. The van der Waals surface area contributed by atoms with Gasteiger partial charge in [0.15, 0.2) is 0 Å². The second kappa shape index (κ2) is 5.74. The average Bonchev–Trinajstić information content (AvgIpc) is 2.33. The molecule has 0 radical (unpaired) electrons. The van der Waals surface area contributed by atoms with Crippen LogP contribution in [0, 0.1) is 15.5 Å². The number of aromatic nitrogens is 1. The summed E-state index contributed by atoms with van der Waals surface area (Å²) in [5.74, 6) is -0.667. The highest BCUT2D eigenvalue weighted by molar-refractivity contribution is 9.10. The first-order chi connectivity index (χ1) is 9.42. The van der Waals surface area contributed by atoms with E-state index in [1.165, 1.54) is 12.3 Å². The van der Waals surface area contributed by atoms with Crippen LogP contribution in [0.5, 0.6) is 0 Å². The lowest BCUT2D eigenvalue weighted by Crippen LogP contribution is -2.38. The third-order valence-electron chi connectivity index (χ3n) is 3.60. The fraction of sp³-hybridized carbons (Fsp3) is 0.500. The van der Waals surface area contributed by atoms with Gasteiger partial charge < -0.3 is 10.4 Å². The van der Waals surface area contributed by atoms with E-state index in [1.54, 1.807) is 0 Å². The van der Waals surface area contributed by atoms with Crippen LogP contribution in [-0.4, -0.2) is 27.5 Å². The van der Waals surface area contributed by atoms with Crippen molar-refractivity contribution in [3.05, 3.63) is 26.9 Å². The minimum absolute atomic E-state index is 0.0737. The molecule has 20 heavy (non-hydrogen) atoms. The van der Waals surface area contributed by atoms with Gasteiger partial charge in [0.2, 0.25) is 5.82 Å². The Bertz CT molecular complexity index is 546. The molecule has 2 rings (SSSR count). The number of carboxylic acid groups (broad SMARTS) is 1. The van der Waals surface area contributed by atoms with Gasteiger partial charge in [-0.1, -0.05) is 6.42 Å². The zero-order valence-corrected chi connectivity index (χ0v) is 12.2. The highest BCUT2D eigenvalue weighted by Gasteiger charge is 2.39. The first-order valence-electron chi connectivity index (χ1n) is 6.17. The van der Waals surface area contributed by atoms with Crippen LogP contribution in [0.15, 0.2) is 16.7 Å². The van der Waals surface area contributed by atoms with E-state index in [4.69, 9.17) is 5.11 Å². The highest BCUT2D eigenvalue weighted by atomic mass is 79.9. The smallest absolute Gasteiger partial charge is 0.312 e. The molecule has 1 aliphatic carbocycles. The topological polar surface area (TPSA) is 105 Å². The molecule has 1 saturated carbocycles. The summed E-state index contributed by atoms with van der Waals surface area (Å²) < 4.78 is 0.527. The van der Waals surface area contributed by atoms with Gasteiger partial charge in [-0.05, 0) is 34.2 Å². The predicted molar refractivity (Wildman–Crippen MR) is 75.6 cm³/mol. The lowest BCUT2D eigenvalue weighted by atomic mass is 9.66. The zero-order valence-electron chi connectivity index (χ0n) is 10.6. The third kappa shape index (κ3) is 3.24. The Balaban J connectivity index is 2.10. The van der Waals surface area contributed by atoms with Crippen LogP contribution < -0.4 is 5.32 Å². The second-order valence-electron chi connectivity index (χ2n) is 5.06. The number of carbonyl (C=O) groups is 1. The van der Waals surface area contributed by atoms with Gasteiger partial charge in [0.1, 0.15) is 0 Å². The predicted octanol–water partition coefficient (Wildman–Crippen LogP) is 2.81. The standard InChI is InChI=1S/C12H14BrN3O4/c13-8-4-9(16(19)20)11(14-6-8)15-7-12(2-1-3-12)5-10(17)18/h4,6H,1-3,5,7H2,(H,14,15)(H,17,18). The van der Waals surface area contributed by atoms with Gasteiger partial charge in [-0.25, -0.2) is 4.98 Å². The summed E-state index contributed by atoms with van der Waals surface area (Å²) in [7, 11) is 0. The monoisotopic (exact) mass is 343 g/mol. The quantitative estimate of drug-likeness (QED) is 0.607. The Morgan fingerprint density at radius 2 is 2.30 bits per heavy atom. The molecular weight excluding hydrogens is 330 g/mol. The number of hydrogen-bond donors (Lipinski definition) is 2. The molecule has 7 nitrogen and oxygen atoms in total. The largest absolute Gasteiger partial charge is 0.481 e. The first kappa shape index (κ1) is 14.7. The van der Waals surface area contributed by atoms with Crippen LogP contribution in [-0.2, 0) is 4.79 Å². The van der Waals surface area contributed by atoms with Crippen molar-refractivity contribution >= 4 is 33.4 Å². The van der Waals surface area contributed by atoms with E-state index in [-0.39, 0.29) is 23.3 Å². The molecule has 1 fully saturated rings. The molecule has 0 bridgehead atoms. The second-order valence-corrected chi connectivity index (χ2v) is 5.97. The van der Waals surface area contributed by atoms with E-state index < -0.39 is 10.9 Å². The summed E-state index contributed by atoms with van der Waals surface area (Å²) in [6.45, 7) is 0.384. The third-order valence-corrected chi connectivity index (χ3v) is 4.04. The Hall–Kier alpha value is -1.70. The summed E-state index contributed by atoms with van der Waals surface area (Å²) >= 11 is 3.14. The number of rotatable bonds is 6. The number of nitrogens with zero attached hydrogens (tertiary/aromatic N) is 2. The van der Waals surface area contributed by atoms with Gasteiger partial charge in [0.25, 0.3) is 0 Å². The van der Waals surface area contributed by atoms with Crippen molar-refractivity contribution < 1.29 is 14.8 Å². The number of pyridine rings is 1. The van der Waals surface area contributed by atoms with Crippen molar-refractivity contribution in [2.45, 2.75) is 25.7 Å². The molecule has 2 N–H and O–H groups in total. The van der Waals surface area contributed by atoms with E-state index in [2.05, 4.69) is 26.2 Å². The summed E-state index contributed by atoms with van der Waals surface area (Å²) in [4.78, 5) is 25.3. The average molecular weight is 344 g/mol. The molecular formula is C12H14BrN3O4. The van der Waals surface area contributed by atoms with E-state index >= 15 is 0 Å². The number of nitro groups is 1. The maximum absolute atomic E-state index is 11.0. The molecule has 1 aliphatic rings. The first-order valence-corrected chi connectivity index (χ1v) is 6.97. The number of aliphatic carboxylic acids is 1. The minimum Gasteiger partial charge on any atom is -0.481 e. The number of hydrogen-bond acceptors (Lipinski definition) is 5. The molecule has 1 heterocycles. The van der Waals surface area contributed by atoms with E-state index in [9.17, 15) is 14.9 Å². The van der Waals surface area contributed by atoms with Crippen LogP contribution in [0.4, 0.5) is 11.5 Å². The van der Waals surface area contributed by atoms with Crippen molar-refractivity contribution in [1.29, 1.82) is 0 Å². The van der Waals surface area contributed by atoms with Crippen molar-refractivity contribution in [2.75, 3.05) is 11.9 Å². The van der Waals surface area contributed by atoms with Gasteiger partial charge in [-0.15, -0.1) is 0 Å². The highest BCUT2D eigenvalue weighted by Crippen LogP contribution is 2.44. The summed E-state index contributed by atoms with van der Waals surface area (Å²) in [5.41, 5.74) is -0.432. The Kier molecular flexibility index (Phi) is 4.22. The van der Waals surface area contributed by atoms with Gasteiger partial charge in [-0.2, -0.15) is 0 Å². The van der Waals surface area contributed by atoms with Crippen LogP contribution in [0.1, 0.15) is 25.7 Å². The van der Waals surface area contributed by atoms with Crippen molar-refractivity contribution in [1.82, 2.24) is 4.98 Å². The molecule has 0 aromatic carbocycles. The fourth-order valence-corrected chi connectivity index (χ4v) is 2.71. The molecule has 8 heteroatoms. The Morgan fingerprint density at radius 3 is 2.80 bits per heavy atom. The minimum atomic E-state index is -0.843. The van der Waals surface area contributed by atoms with Crippen molar-refractivity contribution in [2.24, 2.45) is 5.41 Å². The maximum Gasteiger partial charge on any atom is 0.312 e. The normalized spacial score (nSPS) is 16.2. The fourth-order valence-electron chi connectivity index (χ4n) is 2.39. The summed E-state index contributed by atoms with van der Waals surface area (Å²) in [6, 6.07) is 1.37. The van der Waals surface area contributed by atoms with Gasteiger partial charge in [-0.3, -0.25) is 14.9 Å². The summed E-state index contributed by atoms with van der Waals surface area (Å²) in [6.07, 6.45) is 4.17. The Labute approximate surface area is 123 Å². The molecule has 0 atom stereocenters. The van der Waals surface area contributed by atoms with Gasteiger partial charge >= 0.3 is 11.7 Å². The van der Waals surface area contributed by atoms with Gasteiger partial charge in [0.05, 0.1) is 11.3 Å². The molecule has 0 unspecified atom stereocenters. The van der Waals surface area contributed by atoms with Crippen molar-refractivity contribution in [3.8, 4) is 0 Å². The number of anilines is 1. The molecule has 108 valence electrons. The molecule has 0 saturated heterocycles.